The molecule has 0 saturated heterocycles. The van der Waals surface area contributed by atoms with Gasteiger partial charge in [0.1, 0.15) is 12.4 Å². The number of aliphatic carboxylic acids is 1. The van der Waals surface area contributed by atoms with Gasteiger partial charge in [0.2, 0.25) is 0 Å². The molecule has 104 valence electrons. The highest BCUT2D eigenvalue weighted by Gasteiger charge is 2.17. The van der Waals surface area contributed by atoms with Gasteiger partial charge in [-0.25, -0.2) is 4.39 Å². The van der Waals surface area contributed by atoms with Crippen LogP contribution in [0.25, 0.3) is 11.3 Å². The first-order chi connectivity index (χ1) is 9.40. The molecular weight excluding hydrogens is 261 g/mol. The molecule has 5 heteroatoms. The third-order valence-electron chi connectivity index (χ3n) is 3.18. The minimum Gasteiger partial charge on any atom is -0.480 e. The van der Waals surface area contributed by atoms with Crippen molar-refractivity contribution >= 4 is 11.8 Å². The van der Waals surface area contributed by atoms with Crippen molar-refractivity contribution in [3.8, 4) is 11.3 Å². The lowest BCUT2D eigenvalue weighted by atomic mass is 10.1. The van der Waals surface area contributed by atoms with Crippen molar-refractivity contribution in [3.63, 3.8) is 0 Å². The van der Waals surface area contributed by atoms with Gasteiger partial charge in [0.05, 0.1) is 0 Å². The van der Waals surface area contributed by atoms with Crippen molar-refractivity contribution in [1.82, 2.24) is 4.57 Å². The maximum absolute atomic E-state index is 13.0. The second-order valence-electron chi connectivity index (χ2n) is 4.57. The number of ketones is 1. The zero-order valence-electron chi connectivity index (χ0n) is 11.2. The molecule has 0 aliphatic carbocycles. The zero-order chi connectivity index (χ0) is 14.9. The molecule has 2 rings (SSSR count). The molecule has 0 aliphatic heterocycles. The van der Waals surface area contributed by atoms with Crippen LogP contribution in [0.5, 0.6) is 0 Å². The summed E-state index contributed by atoms with van der Waals surface area (Å²) >= 11 is 0. The average molecular weight is 275 g/mol. The van der Waals surface area contributed by atoms with E-state index in [0.29, 0.717) is 22.5 Å². The fraction of sp³-hybridized carbons (Fsp3) is 0.200. The average Bonchev–Trinajstić information content (AvgIpc) is 2.68. The molecule has 1 N–H and O–H groups in total. The summed E-state index contributed by atoms with van der Waals surface area (Å²) in [5, 5.41) is 8.99. The van der Waals surface area contributed by atoms with Gasteiger partial charge < -0.3 is 9.67 Å². The summed E-state index contributed by atoms with van der Waals surface area (Å²) in [4.78, 5) is 22.6. The monoisotopic (exact) mass is 275 g/mol. The summed E-state index contributed by atoms with van der Waals surface area (Å²) in [6.45, 7) is 2.89. The van der Waals surface area contributed by atoms with E-state index in [9.17, 15) is 14.0 Å². The third kappa shape index (κ3) is 2.61. The maximum atomic E-state index is 13.0. The largest absolute Gasteiger partial charge is 0.480 e. The van der Waals surface area contributed by atoms with Crippen molar-refractivity contribution < 1.29 is 19.1 Å². The van der Waals surface area contributed by atoms with Crippen molar-refractivity contribution in [3.05, 3.63) is 47.4 Å². The molecule has 0 atom stereocenters. The number of carboxylic acid groups (broad SMARTS) is 1. The van der Waals surface area contributed by atoms with E-state index in [0.717, 1.165) is 0 Å². The van der Waals surface area contributed by atoms with Gasteiger partial charge in [0, 0.05) is 17.0 Å². The number of Topliss-reactive ketones (excluding diaryl/α,β-unsaturated/α-hetero) is 1. The molecule has 0 spiro atoms. The lowest BCUT2D eigenvalue weighted by molar-refractivity contribution is -0.137. The number of carboxylic acids is 1. The number of nitrogens with zero attached hydrogens (tertiary/aromatic N) is 1. The Labute approximate surface area is 115 Å². The molecule has 1 aromatic heterocycles. The Kier molecular flexibility index (Phi) is 3.70. The van der Waals surface area contributed by atoms with E-state index in [1.165, 1.54) is 19.1 Å². The Morgan fingerprint density at radius 2 is 1.85 bits per heavy atom. The summed E-state index contributed by atoms with van der Waals surface area (Å²) < 4.78 is 14.5. The van der Waals surface area contributed by atoms with Gasteiger partial charge in [-0.15, -0.1) is 0 Å². The van der Waals surface area contributed by atoms with Crippen LogP contribution in [0, 0.1) is 12.7 Å². The van der Waals surface area contributed by atoms with Crippen LogP contribution in [0.1, 0.15) is 23.0 Å². The molecule has 0 saturated carbocycles. The Bertz CT molecular complexity index is 671. The molecule has 4 nitrogen and oxygen atoms in total. The van der Waals surface area contributed by atoms with E-state index < -0.39 is 5.97 Å². The summed E-state index contributed by atoms with van der Waals surface area (Å²) in [5.41, 5.74) is 2.34. The van der Waals surface area contributed by atoms with Crippen LogP contribution >= 0.6 is 0 Å². The molecule has 0 unspecified atom stereocenters. The van der Waals surface area contributed by atoms with E-state index in [1.54, 1.807) is 29.7 Å². The van der Waals surface area contributed by atoms with E-state index in [-0.39, 0.29) is 18.1 Å². The van der Waals surface area contributed by atoms with Gasteiger partial charge in [0.25, 0.3) is 0 Å². The second kappa shape index (κ2) is 5.28. The topological polar surface area (TPSA) is 59.3 Å². The quantitative estimate of drug-likeness (QED) is 0.873. The van der Waals surface area contributed by atoms with Crippen molar-refractivity contribution in [1.29, 1.82) is 0 Å². The highest BCUT2D eigenvalue weighted by Crippen LogP contribution is 2.26. The van der Waals surface area contributed by atoms with Gasteiger partial charge in [0.15, 0.2) is 5.78 Å². The minimum absolute atomic E-state index is 0.130. The molecule has 20 heavy (non-hydrogen) atoms. The Morgan fingerprint density at radius 3 is 2.35 bits per heavy atom. The van der Waals surface area contributed by atoms with Crippen molar-refractivity contribution in [2.45, 2.75) is 20.4 Å². The van der Waals surface area contributed by atoms with E-state index >= 15 is 0 Å². The Balaban J connectivity index is 2.61. The fourth-order valence-corrected chi connectivity index (χ4v) is 2.20. The van der Waals surface area contributed by atoms with E-state index in [1.807, 2.05) is 0 Å². The first kappa shape index (κ1) is 14.0. The van der Waals surface area contributed by atoms with Gasteiger partial charge in [-0.2, -0.15) is 0 Å². The fourth-order valence-electron chi connectivity index (χ4n) is 2.20. The van der Waals surface area contributed by atoms with Gasteiger partial charge in [-0.3, -0.25) is 9.59 Å². The predicted octanol–water partition coefficient (Wildman–Crippen LogP) is 2.89. The summed E-state index contributed by atoms with van der Waals surface area (Å²) in [6.07, 6.45) is 0. The van der Waals surface area contributed by atoms with Crippen LogP contribution in [0.4, 0.5) is 4.39 Å². The number of hydrogen-bond donors (Lipinski definition) is 1. The number of aromatic nitrogens is 1. The molecule has 0 bridgehead atoms. The van der Waals surface area contributed by atoms with Gasteiger partial charge in [-0.1, -0.05) is 0 Å². The van der Waals surface area contributed by atoms with Gasteiger partial charge in [-0.05, 0) is 49.7 Å². The maximum Gasteiger partial charge on any atom is 0.323 e. The van der Waals surface area contributed by atoms with Crippen LogP contribution in [0.3, 0.4) is 0 Å². The van der Waals surface area contributed by atoms with Crippen molar-refractivity contribution in [2.24, 2.45) is 0 Å². The predicted molar refractivity (Wildman–Crippen MR) is 72.2 cm³/mol. The third-order valence-corrected chi connectivity index (χ3v) is 3.18. The molecular formula is C15H14FNO3. The smallest absolute Gasteiger partial charge is 0.323 e. The molecule has 0 fully saturated rings. The van der Waals surface area contributed by atoms with E-state index in [4.69, 9.17) is 5.11 Å². The second-order valence-corrected chi connectivity index (χ2v) is 4.57. The number of benzene rings is 1. The molecule has 2 aromatic rings. The number of halogens is 1. The number of hydrogen-bond acceptors (Lipinski definition) is 2. The minimum atomic E-state index is -0.998. The summed E-state index contributed by atoms with van der Waals surface area (Å²) in [6, 6.07) is 7.37. The van der Waals surface area contributed by atoms with Crippen LogP contribution < -0.4 is 0 Å². The molecule has 0 amide bonds. The van der Waals surface area contributed by atoms with Crippen LogP contribution in [-0.2, 0) is 11.3 Å². The summed E-state index contributed by atoms with van der Waals surface area (Å²) in [7, 11) is 0. The normalized spacial score (nSPS) is 10.6. The first-order valence-electron chi connectivity index (χ1n) is 6.09. The van der Waals surface area contributed by atoms with Gasteiger partial charge >= 0.3 is 5.97 Å². The number of carbonyl (C=O) groups is 2. The lowest BCUT2D eigenvalue weighted by Gasteiger charge is -2.09. The SMILES string of the molecule is CC(=O)c1cc(-c2ccc(F)cc2)n(CC(=O)O)c1C. The first-order valence-corrected chi connectivity index (χ1v) is 6.09. The standard InChI is InChI=1S/C15H14FNO3/c1-9-13(10(2)18)7-14(17(9)8-15(19)20)11-3-5-12(16)6-4-11/h3-7H,8H2,1-2H3,(H,19,20). The van der Waals surface area contributed by atoms with E-state index in [2.05, 4.69) is 0 Å². The van der Waals surface area contributed by atoms with Crippen LogP contribution in [0.2, 0.25) is 0 Å². The molecule has 1 heterocycles. The molecule has 0 radical (unpaired) electrons. The van der Waals surface area contributed by atoms with Crippen LogP contribution in [0.15, 0.2) is 30.3 Å². The number of carbonyl (C=O) groups excluding carboxylic acids is 1. The summed E-state index contributed by atoms with van der Waals surface area (Å²) in [5.74, 6) is -1.49. The highest BCUT2D eigenvalue weighted by atomic mass is 19.1. The molecule has 1 aromatic carbocycles. The highest BCUT2D eigenvalue weighted by molar-refractivity contribution is 5.97. The van der Waals surface area contributed by atoms with Crippen molar-refractivity contribution in [2.75, 3.05) is 0 Å². The number of rotatable bonds is 4. The Morgan fingerprint density at radius 1 is 1.25 bits per heavy atom. The lowest BCUT2D eigenvalue weighted by Crippen LogP contribution is -2.12. The van der Waals surface area contributed by atoms with Crippen LogP contribution in [-0.4, -0.2) is 21.4 Å². The molecule has 0 aliphatic rings. The zero-order valence-corrected chi connectivity index (χ0v) is 11.2. The Hall–Kier alpha value is -2.43.